The Morgan fingerprint density at radius 3 is 2.25 bits per heavy atom. The number of hydrogen-bond donors (Lipinski definition) is 1. The van der Waals surface area contributed by atoms with Crippen LogP contribution in [0.3, 0.4) is 0 Å². The average molecular weight is 223 g/mol. The van der Waals surface area contributed by atoms with Gasteiger partial charge in [-0.3, -0.25) is 9.80 Å². The molecule has 0 spiro atoms. The van der Waals surface area contributed by atoms with Crippen LogP contribution in [0.15, 0.2) is 12.3 Å². The standard InChI is InChI=1S/C13H25N3/c1-11-5-6-12(14-11)15-7-9-16(10-8-15)13(2,3)4/h12,14H,1,5-10H2,2-4H3. The van der Waals surface area contributed by atoms with Crippen LogP contribution < -0.4 is 5.32 Å². The van der Waals surface area contributed by atoms with E-state index in [1.165, 1.54) is 38.3 Å². The highest BCUT2D eigenvalue weighted by molar-refractivity contribution is 5.01. The summed E-state index contributed by atoms with van der Waals surface area (Å²) in [6, 6.07) is 0. The van der Waals surface area contributed by atoms with E-state index in [2.05, 4.69) is 42.5 Å². The molecule has 0 radical (unpaired) electrons. The van der Waals surface area contributed by atoms with Crippen molar-refractivity contribution in [3.05, 3.63) is 12.3 Å². The van der Waals surface area contributed by atoms with E-state index in [1.807, 2.05) is 0 Å². The molecule has 2 heterocycles. The fourth-order valence-electron chi connectivity index (χ4n) is 2.67. The molecule has 1 atom stereocenters. The van der Waals surface area contributed by atoms with Gasteiger partial charge >= 0.3 is 0 Å². The SMILES string of the molecule is C=C1CCC(N2CCN(C(C)(C)C)CC2)N1. The zero-order valence-electron chi connectivity index (χ0n) is 10.9. The smallest absolute Gasteiger partial charge is 0.0794 e. The van der Waals surface area contributed by atoms with Crippen molar-refractivity contribution in [3.63, 3.8) is 0 Å². The van der Waals surface area contributed by atoms with Crippen LogP contribution in [0.25, 0.3) is 0 Å². The minimum absolute atomic E-state index is 0.318. The van der Waals surface area contributed by atoms with Gasteiger partial charge in [0.1, 0.15) is 0 Å². The van der Waals surface area contributed by atoms with Crippen LogP contribution >= 0.6 is 0 Å². The molecule has 3 heteroatoms. The summed E-state index contributed by atoms with van der Waals surface area (Å²) < 4.78 is 0. The fraction of sp³-hybridized carbons (Fsp3) is 0.846. The first-order valence-corrected chi connectivity index (χ1v) is 6.40. The predicted octanol–water partition coefficient (Wildman–Crippen LogP) is 1.63. The highest BCUT2D eigenvalue weighted by Crippen LogP contribution is 2.21. The summed E-state index contributed by atoms with van der Waals surface area (Å²) >= 11 is 0. The molecule has 0 saturated carbocycles. The molecule has 1 N–H and O–H groups in total. The first-order chi connectivity index (χ1) is 7.47. The summed E-state index contributed by atoms with van der Waals surface area (Å²) in [5.41, 5.74) is 1.53. The molecule has 92 valence electrons. The Kier molecular flexibility index (Phi) is 3.27. The maximum Gasteiger partial charge on any atom is 0.0794 e. The van der Waals surface area contributed by atoms with Crippen LogP contribution in [0, 0.1) is 0 Å². The van der Waals surface area contributed by atoms with E-state index in [0.717, 1.165) is 6.42 Å². The third-order valence-electron chi connectivity index (χ3n) is 3.79. The molecule has 0 aromatic carbocycles. The lowest BCUT2D eigenvalue weighted by Crippen LogP contribution is -2.57. The van der Waals surface area contributed by atoms with E-state index in [4.69, 9.17) is 0 Å². The second-order valence-corrected chi connectivity index (χ2v) is 6.00. The molecule has 2 rings (SSSR count). The first-order valence-electron chi connectivity index (χ1n) is 6.40. The lowest BCUT2D eigenvalue weighted by molar-refractivity contribution is 0.0393. The molecule has 0 aromatic heterocycles. The zero-order valence-corrected chi connectivity index (χ0v) is 10.9. The molecular formula is C13H25N3. The third kappa shape index (κ3) is 2.58. The van der Waals surface area contributed by atoms with Gasteiger partial charge in [0.25, 0.3) is 0 Å². The lowest BCUT2D eigenvalue weighted by atomic mass is 10.0. The molecular weight excluding hydrogens is 198 g/mol. The summed E-state index contributed by atoms with van der Waals surface area (Å²) in [6.07, 6.45) is 2.92. The fourth-order valence-corrected chi connectivity index (χ4v) is 2.67. The Hall–Kier alpha value is -0.540. The maximum absolute atomic E-state index is 4.01. The normalized spacial score (nSPS) is 29.4. The van der Waals surface area contributed by atoms with Crippen molar-refractivity contribution < 1.29 is 0 Å². The Labute approximate surface area is 99.5 Å². The molecule has 2 fully saturated rings. The quantitative estimate of drug-likeness (QED) is 0.729. The summed E-state index contributed by atoms with van der Waals surface area (Å²) in [5, 5.41) is 3.49. The van der Waals surface area contributed by atoms with E-state index in [0.29, 0.717) is 11.7 Å². The van der Waals surface area contributed by atoms with Crippen LogP contribution in [0.1, 0.15) is 33.6 Å². The van der Waals surface area contributed by atoms with Gasteiger partial charge < -0.3 is 5.32 Å². The van der Waals surface area contributed by atoms with Gasteiger partial charge in [0, 0.05) is 37.4 Å². The zero-order chi connectivity index (χ0) is 11.8. The highest BCUT2D eigenvalue weighted by Gasteiger charge is 2.30. The summed E-state index contributed by atoms with van der Waals surface area (Å²) in [5.74, 6) is 0. The highest BCUT2D eigenvalue weighted by atomic mass is 15.3. The molecule has 3 nitrogen and oxygen atoms in total. The van der Waals surface area contributed by atoms with E-state index >= 15 is 0 Å². The third-order valence-corrected chi connectivity index (χ3v) is 3.79. The Morgan fingerprint density at radius 2 is 1.81 bits per heavy atom. The van der Waals surface area contributed by atoms with Gasteiger partial charge in [-0.05, 0) is 33.6 Å². The van der Waals surface area contributed by atoms with Crippen molar-refractivity contribution in [2.45, 2.75) is 45.3 Å². The van der Waals surface area contributed by atoms with E-state index in [1.54, 1.807) is 0 Å². The second kappa shape index (κ2) is 4.38. The van der Waals surface area contributed by atoms with Gasteiger partial charge in [-0.2, -0.15) is 0 Å². The lowest BCUT2D eigenvalue weighted by Gasteiger charge is -2.44. The van der Waals surface area contributed by atoms with Crippen LogP contribution in [-0.2, 0) is 0 Å². The summed E-state index contributed by atoms with van der Waals surface area (Å²) in [4.78, 5) is 5.15. The molecule has 2 aliphatic rings. The van der Waals surface area contributed by atoms with Crippen LogP contribution in [0.4, 0.5) is 0 Å². The Morgan fingerprint density at radius 1 is 1.19 bits per heavy atom. The molecule has 0 aliphatic carbocycles. The topological polar surface area (TPSA) is 18.5 Å². The van der Waals surface area contributed by atoms with Gasteiger partial charge in [-0.25, -0.2) is 0 Å². The number of hydrogen-bond acceptors (Lipinski definition) is 3. The first kappa shape index (κ1) is 11.9. The molecule has 0 aromatic rings. The van der Waals surface area contributed by atoms with E-state index in [-0.39, 0.29) is 0 Å². The van der Waals surface area contributed by atoms with Crippen molar-refractivity contribution in [1.82, 2.24) is 15.1 Å². The predicted molar refractivity (Wildman–Crippen MR) is 68.2 cm³/mol. The number of allylic oxidation sites excluding steroid dienone is 1. The van der Waals surface area contributed by atoms with Crippen molar-refractivity contribution in [1.29, 1.82) is 0 Å². The molecule has 0 bridgehead atoms. The summed E-state index contributed by atoms with van der Waals surface area (Å²) in [6.45, 7) is 15.7. The molecule has 2 aliphatic heterocycles. The van der Waals surface area contributed by atoms with Crippen LogP contribution in [-0.4, -0.2) is 47.7 Å². The van der Waals surface area contributed by atoms with Crippen molar-refractivity contribution in [2.24, 2.45) is 0 Å². The van der Waals surface area contributed by atoms with Gasteiger partial charge in [0.2, 0.25) is 0 Å². The van der Waals surface area contributed by atoms with Gasteiger partial charge in [-0.15, -0.1) is 0 Å². The molecule has 1 unspecified atom stereocenters. The number of rotatable bonds is 1. The second-order valence-electron chi connectivity index (χ2n) is 6.00. The largest absolute Gasteiger partial charge is 0.373 e. The number of nitrogens with zero attached hydrogens (tertiary/aromatic N) is 2. The Balaban J connectivity index is 1.83. The van der Waals surface area contributed by atoms with Gasteiger partial charge in [0.05, 0.1) is 6.17 Å². The minimum atomic E-state index is 0.318. The average Bonchev–Trinajstić information content (AvgIpc) is 2.64. The minimum Gasteiger partial charge on any atom is -0.373 e. The molecule has 16 heavy (non-hydrogen) atoms. The number of nitrogens with one attached hydrogen (secondary N) is 1. The maximum atomic E-state index is 4.01. The summed E-state index contributed by atoms with van der Waals surface area (Å²) in [7, 11) is 0. The molecule has 2 saturated heterocycles. The van der Waals surface area contributed by atoms with Crippen molar-refractivity contribution in [2.75, 3.05) is 26.2 Å². The number of piperazine rings is 1. The van der Waals surface area contributed by atoms with Gasteiger partial charge in [-0.1, -0.05) is 6.58 Å². The molecule has 0 amide bonds. The Bertz CT molecular complexity index is 259. The van der Waals surface area contributed by atoms with E-state index in [9.17, 15) is 0 Å². The van der Waals surface area contributed by atoms with Crippen molar-refractivity contribution >= 4 is 0 Å². The van der Waals surface area contributed by atoms with Crippen molar-refractivity contribution in [3.8, 4) is 0 Å². The van der Waals surface area contributed by atoms with Crippen LogP contribution in [0.5, 0.6) is 0 Å². The van der Waals surface area contributed by atoms with Crippen LogP contribution in [0.2, 0.25) is 0 Å². The van der Waals surface area contributed by atoms with Gasteiger partial charge in [0.15, 0.2) is 0 Å². The monoisotopic (exact) mass is 223 g/mol. The van der Waals surface area contributed by atoms with E-state index < -0.39 is 0 Å².